The van der Waals surface area contributed by atoms with Crippen LogP contribution in [0.3, 0.4) is 0 Å². The summed E-state index contributed by atoms with van der Waals surface area (Å²) in [4.78, 5) is 20.2. The van der Waals surface area contributed by atoms with Crippen molar-refractivity contribution in [3.05, 3.63) is 69.4 Å². The van der Waals surface area contributed by atoms with E-state index >= 15 is 0 Å². The molecule has 3 aromatic rings. The molecule has 3 aromatic heterocycles. The Hall–Kier alpha value is -3.55. The molecule has 0 atom stereocenters. The molecule has 3 rings (SSSR count). The summed E-state index contributed by atoms with van der Waals surface area (Å²) in [5, 5.41) is 9.75. The third kappa shape index (κ3) is 4.89. The molecule has 0 aromatic carbocycles. The Kier molecular flexibility index (Phi) is 6.56. The first-order valence-corrected chi connectivity index (χ1v) is 9.49. The second-order valence-corrected chi connectivity index (χ2v) is 6.89. The minimum atomic E-state index is -0.138. The van der Waals surface area contributed by atoms with Crippen molar-refractivity contribution < 1.29 is 19.3 Å². The minimum Gasteiger partial charge on any atom is -0.491 e. The van der Waals surface area contributed by atoms with Gasteiger partial charge >= 0.3 is 0 Å². The molecule has 3 heterocycles. The van der Waals surface area contributed by atoms with E-state index in [-0.39, 0.29) is 18.0 Å². The number of hydrogen-bond donors (Lipinski definition) is 1. The van der Waals surface area contributed by atoms with E-state index in [1.54, 1.807) is 36.0 Å². The van der Waals surface area contributed by atoms with Crippen molar-refractivity contribution >= 4 is 0 Å². The number of aromatic hydroxyl groups is 1. The van der Waals surface area contributed by atoms with Crippen molar-refractivity contribution in [2.75, 3.05) is 13.7 Å². The van der Waals surface area contributed by atoms with Gasteiger partial charge in [-0.2, -0.15) is 0 Å². The van der Waals surface area contributed by atoms with Crippen LogP contribution in [0.25, 0.3) is 0 Å². The van der Waals surface area contributed by atoms with Gasteiger partial charge in [0.15, 0.2) is 11.5 Å². The van der Waals surface area contributed by atoms with Crippen molar-refractivity contribution in [3.8, 4) is 23.3 Å². The molecule has 0 saturated carbocycles. The van der Waals surface area contributed by atoms with Crippen LogP contribution < -0.4 is 19.8 Å². The number of pyridine rings is 3. The van der Waals surface area contributed by atoms with E-state index in [2.05, 4.69) is 9.97 Å². The maximum absolute atomic E-state index is 11.9. The summed E-state index contributed by atoms with van der Waals surface area (Å²) >= 11 is 0. The van der Waals surface area contributed by atoms with Crippen molar-refractivity contribution in [2.24, 2.45) is 7.05 Å². The third-order valence-electron chi connectivity index (χ3n) is 4.69. The number of ether oxygens (including phenoxy) is 3. The molecule has 30 heavy (non-hydrogen) atoms. The highest BCUT2D eigenvalue weighted by atomic mass is 16.5. The molecule has 8 heteroatoms. The van der Waals surface area contributed by atoms with E-state index in [0.717, 1.165) is 22.5 Å². The van der Waals surface area contributed by atoms with E-state index in [1.165, 1.54) is 13.2 Å². The van der Waals surface area contributed by atoms with Gasteiger partial charge in [0, 0.05) is 31.4 Å². The molecule has 0 radical (unpaired) electrons. The summed E-state index contributed by atoms with van der Waals surface area (Å²) in [6, 6.07) is 8.65. The van der Waals surface area contributed by atoms with Crippen molar-refractivity contribution in [3.63, 3.8) is 0 Å². The zero-order valence-corrected chi connectivity index (χ0v) is 17.5. The molecular weight excluding hydrogens is 386 g/mol. The fourth-order valence-corrected chi connectivity index (χ4v) is 2.93. The molecule has 0 saturated heterocycles. The molecule has 0 spiro atoms. The van der Waals surface area contributed by atoms with Crippen LogP contribution in [0.1, 0.15) is 22.5 Å². The van der Waals surface area contributed by atoms with E-state index in [1.807, 2.05) is 19.9 Å². The first kappa shape index (κ1) is 21.2. The molecule has 8 nitrogen and oxygen atoms in total. The highest BCUT2D eigenvalue weighted by Crippen LogP contribution is 2.27. The van der Waals surface area contributed by atoms with E-state index in [9.17, 15) is 9.90 Å². The van der Waals surface area contributed by atoms with Gasteiger partial charge in [-0.05, 0) is 43.2 Å². The van der Waals surface area contributed by atoms with Gasteiger partial charge in [0.2, 0.25) is 0 Å². The second kappa shape index (κ2) is 9.30. The van der Waals surface area contributed by atoms with Crippen LogP contribution in [-0.2, 0) is 20.1 Å². The Balaban J connectivity index is 1.65. The number of nitrogens with zero attached hydrogens (tertiary/aromatic N) is 3. The highest BCUT2D eigenvalue weighted by Gasteiger charge is 2.11. The lowest BCUT2D eigenvalue weighted by Gasteiger charge is -2.14. The summed E-state index contributed by atoms with van der Waals surface area (Å²) in [5.41, 5.74) is 3.31. The first-order valence-electron chi connectivity index (χ1n) is 9.49. The summed E-state index contributed by atoms with van der Waals surface area (Å²) < 4.78 is 18.4. The SMILES string of the molecule is COc1nc(CCOc2cc(C)cnc2O)ccc1OCc1c(C)ccc(=O)n1C. The van der Waals surface area contributed by atoms with Gasteiger partial charge in [-0.25, -0.2) is 9.97 Å². The predicted octanol–water partition coefficient (Wildman–Crippen LogP) is 2.71. The monoisotopic (exact) mass is 411 g/mol. The van der Waals surface area contributed by atoms with Crippen LogP contribution in [0.5, 0.6) is 23.3 Å². The Morgan fingerprint density at radius 1 is 1.10 bits per heavy atom. The normalized spacial score (nSPS) is 10.7. The third-order valence-corrected chi connectivity index (χ3v) is 4.69. The molecule has 0 aliphatic carbocycles. The van der Waals surface area contributed by atoms with Crippen LogP contribution in [0.15, 0.2) is 41.3 Å². The molecule has 0 unspecified atom stereocenters. The summed E-state index contributed by atoms with van der Waals surface area (Å²) in [6.07, 6.45) is 2.08. The van der Waals surface area contributed by atoms with Crippen LogP contribution in [0.4, 0.5) is 0 Å². The van der Waals surface area contributed by atoms with Crippen molar-refractivity contribution in [1.29, 1.82) is 0 Å². The zero-order valence-electron chi connectivity index (χ0n) is 17.5. The Bertz CT molecular complexity index is 1090. The lowest BCUT2D eigenvalue weighted by molar-refractivity contribution is 0.269. The lowest BCUT2D eigenvalue weighted by atomic mass is 10.2. The molecule has 0 fully saturated rings. The number of methoxy groups -OCH3 is 1. The first-order chi connectivity index (χ1) is 14.4. The topological polar surface area (TPSA) is 95.7 Å². The molecule has 0 aliphatic heterocycles. The van der Waals surface area contributed by atoms with Gasteiger partial charge in [0.25, 0.3) is 17.3 Å². The molecule has 158 valence electrons. The molecule has 1 N–H and O–H groups in total. The maximum Gasteiger partial charge on any atom is 0.256 e. The summed E-state index contributed by atoms with van der Waals surface area (Å²) in [5.74, 6) is 1.04. The number of aryl methyl sites for hydroxylation is 2. The van der Waals surface area contributed by atoms with Crippen molar-refractivity contribution in [1.82, 2.24) is 14.5 Å². The fourth-order valence-electron chi connectivity index (χ4n) is 2.93. The number of rotatable bonds is 8. The number of hydrogen-bond acceptors (Lipinski definition) is 7. The molecule has 0 bridgehead atoms. The minimum absolute atomic E-state index is 0.0884. The van der Waals surface area contributed by atoms with Gasteiger partial charge in [-0.15, -0.1) is 0 Å². The lowest BCUT2D eigenvalue weighted by Crippen LogP contribution is -2.21. The highest BCUT2D eigenvalue weighted by molar-refractivity contribution is 5.36. The van der Waals surface area contributed by atoms with E-state index in [0.29, 0.717) is 30.4 Å². The van der Waals surface area contributed by atoms with Gasteiger partial charge in [-0.3, -0.25) is 4.79 Å². The maximum atomic E-state index is 11.9. The Labute approximate surface area is 174 Å². The number of aromatic nitrogens is 3. The predicted molar refractivity (Wildman–Crippen MR) is 111 cm³/mol. The molecular formula is C22H25N3O5. The van der Waals surface area contributed by atoms with Crippen LogP contribution in [0.2, 0.25) is 0 Å². The van der Waals surface area contributed by atoms with Gasteiger partial charge in [0.1, 0.15) is 6.61 Å². The average molecular weight is 411 g/mol. The van der Waals surface area contributed by atoms with Gasteiger partial charge in [-0.1, -0.05) is 6.07 Å². The zero-order chi connectivity index (χ0) is 21.7. The van der Waals surface area contributed by atoms with Gasteiger partial charge in [0.05, 0.1) is 19.4 Å². The Morgan fingerprint density at radius 2 is 1.90 bits per heavy atom. The van der Waals surface area contributed by atoms with Crippen LogP contribution in [0, 0.1) is 13.8 Å². The fraction of sp³-hybridized carbons (Fsp3) is 0.318. The molecule has 0 aliphatic rings. The molecule has 0 amide bonds. The average Bonchev–Trinajstić information content (AvgIpc) is 2.74. The summed E-state index contributed by atoms with van der Waals surface area (Å²) in [7, 11) is 3.24. The van der Waals surface area contributed by atoms with Gasteiger partial charge < -0.3 is 23.9 Å². The standard InChI is InChI=1S/C22H25N3O5/c1-14-11-19(21(27)23-12-14)29-10-9-16-6-7-18(22(24-16)28-4)30-13-17-15(2)5-8-20(26)25(17)3/h5-8,11-12H,9-10,13H2,1-4H3,(H,23,27). The van der Waals surface area contributed by atoms with Crippen LogP contribution in [-0.4, -0.2) is 33.4 Å². The van der Waals surface area contributed by atoms with Crippen molar-refractivity contribution in [2.45, 2.75) is 26.9 Å². The second-order valence-electron chi connectivity index (χ2n) is 6.89. The smallest absolute Gasteiger partial charge is 0.256 e. The van der Waals surface area contributed by atoms with E-state index in [4.69, 9.17) is 14.2 Å². The Morgan fingerprint density at radius 3 is 2.67 bits per heavy atom. The van der Waals surface area contributed by atoms with Crippen LogP contribution >= 0.6 is 0 Å². The largest absolute Gasteiger partial charge is 0.491 e. The quantitative estimate of drug-likeness (QED) is 0.609. The summed E-state index contributed by atoms with van der Waals surface area (Å²) in [6.45, 7) is 4.34. The van der Waals surface area contributed by atoms with E-state index < -0.39 is 0 Å².